The molecule has 0 spiro atoms. The van der Waals surface area contributed by atoms with Gasteiger partial charge in [-0.25, -0.2) is 0 Å². The van der Waals surface area contributed by atoms with Gasteiger partial charge in [0.2, 0.25) is 5.78 Å². The van der Waals surface area contributed by atoms with E-state index in [1.807, 2.05) is 13.8 Å². The van der Waals surface area contributed by atoms with Crippen LogP contribution >= 0.6 is 0 Å². The Morgan fingerprint density at radius 3 is 2.60 bits per heavy atom. The van der Waals surface area contributed by atoms with Crippen LogP contribution in [0.3, 0.4) is 0 Å². The molecule has 0 atom stereocenters. The summed E-state index contributed by atoms with van der Waals surface area (Å²) < 4.78 is 5.46. The lowest BCUT2D eigenvalue weighted by Gasteiger charge is -2.04. The number of allylic oxidation sites excluding steroid dienone is 2. The van der Waals surface area contributed by atoms with Gasteiger partial charge in [0.25, 0.3) is 0 Å². The molecule has 15 heavy (non-hydrogen) atoms. The first-order chi connectivity index (χ1) is 7.02. The SMILES string of the molecule is CC(C)=C1Oc2c(ccc(O)c2C)C1=O. The second-order valence-corrected chi connectivity index (χ2v) is 3.85. The van der Waals surface area contributed by atoms with E-state index in [9.17, 15) is 9.90 Å². The number of phenols is 1. The molecule has 3 heteroatoms. The topological polar surface area (TPSA) is 46.5 Å². The fraction of sp³-hybridized carbons (Fsp3) is 0.250. The highest BCUT2D eigenvalue weighted by atomic mass is 16.5. The number of carbonyl (C=O) groups excluding carboxylic acids is 1. The molecule has 1 aromatic carbocycles. The highest BCUT2D eigenvalue weighted by Gasteiger charge is 2.30. The second kappa shape index (κ2) is 3.12. The van der Waals surface area contributed by atoms with E-state index in [1.54, 1.807) is 13.0 Å². The van der Waals surface area contributed by atoms with Crippen LogP contribution in [0.5, 0.6) is 11.5 Å². The third kappa shape index (κ3) is 1.31. The van der Waals surface area contributed by atoms with Crippen LogP contribution in [0.15, 0.2) is 23.5 Å². The minimum Gasteiger partial charge on any atom is -0.508 e. The van der Waals surface area contributed by atoms with Crippen LogP contribution in [0.1, 0.15) is 29.8 Å². The molecule has 0 unspecified atom stereocenters. The zero-order valence-corrected chi connectivity index (χ0v) is 8.92. The van der Waals surface area contributed by atoms with E-state index in [-0.39, 0.29) is 11.5 Å². The number of ether oxygens (including phenoxy) is 1. The van der Waals surface area contributed by atoms with Gasteiger partial charge >= 0.3 is 0 Å². The van der Waals surface area contributed by atoms with Gasteiger partial charge in [-0.05, 0) is 38.5 Å². The van der Waals surface area contributed by atoms with Gasteiger partial charge in [-0.3, -0.25) is 4.79 Å². The van der Waals surface area contributed by atoms with Gasteiger partial charge in [-0.15, -0.1) is 0 Å². The predicted octanol–water partition coefficient (Wildman–Crippen LogP) is 2.57. The Morgan fingerprint density at radius 2 is 2.00 bits per heavy atom. The van der Waals surface area contributed by atoms with E-state index in [0.29, 0.717) is 22.6 Å². The standard InChI is InChI=1S/C12H12O3/c1-6(2)11-10(14)8-4-5-9(13)7(3)12(8)15-11/h4-5,13H,1-3H3. The number of hydrogen-bond acceptors (Lipinski definition) is 3. The van der Waals surface area contributed by atoms with E-state index >= 15 is 0 Å². The lowest BCUT2D eigenvalue weighted by molar-refractivity contribution is 0.101. The summed E-state index contributed by atoms with van der Waals surface area (Å²) in [7, 11) is 0. The lowest BCUT2D eigenvalue weighted by atomic mass is 10.1. The maximum Gasteiger partial charge on any atom is 0.231 e. The van der Waals surface area contributed by atoms with Crippen LogP contribution in [0.2, 0.25) is 0 Å². The summed E-state index contributed by atoms with van der Waals surface area (Å²) in [5.74, 6) is 0.902. The maximum atomic E-state index is 11.8. The Kier molecular flexibility index (Phi) is 2.03. The van der Waals surface area contributed by atoms with Crippen LogP contribution in [0.25, 0.3) is 0 Å². The number of Topliss-reactive ketones (excluding diaryl/α,β-unsaturated/α-hetero) is 1. The minimum atomic E-state index is -0.104. The summed E-state index contributed by atoms with van der Waals surface area (Å²) in [4.78, 5) is 11.8. The molecule has 0 saturated heterocycles. The molecule has 78 valence electrons. The number of phenolic OH excluding ortho intramolecular Hbond substituents is 1. The van der Waals surface area contributed by atoms with Crippen LogP contribution in [0.4, 0.5) is 0 Å². The first-order valence-electron chi connectivity index (χ1n) is 4.75. The molecular weight excluding hydrogens is 192 g/mol. The molecule has 1 aliphatic rings. The highest BCUT2D eigenvalue weighted by molar-refractivity contribution is 6.13. The zero-order valence-electron chi connectivity index (χ0n) is 8.92. The Balaban J connectivity index is 2.65. The Hall–Kier alpha value is -1.77. The smallest absolute Gasteiger partial charge is 0.231 e. The Bertz CT molecular complexity index is 480. The number of ketones is 1. The molecule has 1 aliphatic heterocycles. The average Bonchev–Trinajstić information content (AvgIpc) is 2.51. The first kappa shape index (κ1) is 9.77. The number of carbonyl (C=O) groups is 1. The van der Waals surface area contributed by atoms with Crippen molar-refractivity contribution in [2.45, 2.75) is 20.8 Å². The Labute approximate surface area is 88.0 Å². The number of fused-ring (bicyclic) bond motifs is 1. The molecule has 0 saturated carbocycles. The van der Waals surface area contributed by atoms with Crippen molar-refractivity contribution in [3.05, 3.63) is 34.6 Å². The fourth-order valence-corrected chi connectivity index (χ4v) is 1.59. The summed E-state index contributed by atoms with van der Waals surface area (Å²) in [6.07, 6.45) is 0. The van der Waals surface area contributed by atoms with Crippen molar-refractivity contribution >= 4 is 5.78 Å². The van der Waals surface area contributed by atoms with Crippen molar-refractivity contribution in [1.29, 1.82) is 0 Å². The summed E-state index contributed by atoms with van der Waals surface area (Å²) in [5, 5.41) is 9.49. The molecule has 0 bridgehead atoms. The van der Waals surface area contributed by atoms with Crippen molar-refractivity contribution in [3.8, 4) is 11.5 Å². The first-order valence-corrected chi connectivity index (χ1v) is 4.75. The number of aromatic hydroxyl groups is 1. The number of rotatable bonds is 0. The Morgan fingerprint density at radius 1 is 1.33 bits per heavy atom. The van der Waals surface area contributed by atoms with Gasteiger partial charge in [0, 0.05) is 5.56 Å². The lowest BCUT2D eigenvalue weighted by Crippen LogP contribution is -2.00. The minimum absolute atomic E-state index is 0.104. The van der Waals surface area contributed by atoms with Crippen LogP contribution in [-0.4, -0.2) is 10.9 Å². The summed E-state index contributed by atoms with van der Waals surface area (Å²) in [5.41, 5.74) is 1.98. The van der Waals surface area contributed by atoms with Crippen molar-refractivity contribution in [2.24, 2.45) is 0 Å². The van der Waals surface area contributed by atoms with Gasteiger partial charge in [0.15, 0.2) is 5.76 Å². The van der Waals surface area contributed by atoms with E-state index < -0.39 is 0 Å². The largest absolute Gasteiger partial charge is 0.508 e. The molecule has 3 nitrogen and oxygen atoms in total. The normalized spacial score (nSPS) is 13.8. The summed E-state index contributed by atoms with van der Waals surface area (Å²) >= 11 is 0. The molecule has 0 aliphatic carbocycles. The molecule has 1 N–H and O–H groups in total. The molecule has 0 fully saturated rings. The maximum absolute atomic E-state index is 11.8. The third-order valence-electron chi connectivity index (χ3n) is 2.49. The van der Waals surface area contributed by atoms with Gasteiger partial charge in [0.1, 0.15) is 11.5 Å². The molecule has 0 aromatic heterocycles. The van der Waals surface area contributed by atoms with Gasteiger partial charge in [0.05, 0.1) is 5.56 Å². The van der Waals surface area contributed by atoms with Crippen molar-refractivity contribution < 1.29 is 14.6 Å². The number of benzene rings is 1. The molecule has 0 radical (unpaired) electrons. The summed E-state index contributed by atoms with van der Waals surface area (Å²) in [6, 6.07) is 3.11. The zero-order chi connectivity index (χ0) is 11.2. The van der Waals surface area contributed by atoms with Crippen molar-refractivity contribution in [3.63, 3.8) is 0 Å². The highest BCUT2D eigenvalue weighted by Crippen LogP contribution is 2.38. The van der Waals surface area contributed by atoms with E-state index in [2.05, 4.69) is 0 Å². The monoisotopic (exact) mass is 204 g/mol. The van der Waals surface area contributed by atoms with Gasteiger partial charge < -0.3 is 9.84 Å². The molecule has 0 amide bonds. The predicted molar refractivity (Wildman–Crippen MR) is 56.2 cm³/mol. The van der Waals surface area contributed by atoms with Crippen LogP contribution in [-0.2, 0) is 0 Å². The van der Waals surface area contributed by atoms with E-state index in [4.69, 9.17) is 4.74 Å². The van der Waals surface area contributed by atoms with E-state index in [1.165, 1.54) is 6.07 Å². The molecular formula is C12H12O3. The quantitative estimate of drug-likeness (QED) is 0.660. The second-order valence-electron chi connectivity index (χ2n) is 3.85. The molecule has 1 aromatic rings. The van der Waals surface area contributed by atoms with Crippen LogP contribution < -0.4 is 4.74 Å². The molecule has 2 rings (SSSR count). The van der Waals surface area contributed by atoms with Crippen molar-refractivity contribution in [1.82, 2.24) is 0 Å². The van der Waals surface area contributed by atoms with Crippen LogP contribution in [0, 0.1) is 6.92 Å². The van der Waals surface area contributed by atoms with E-state index in [0.717, 1.165) is 5.57 Å². The van der Waals surface area contributed by atoms with Gasteiger partial charge in [-0.1, -0.05) is 0 Å². The number of hydrogen-bond donors (Lipinski definition) is 1. The molecule has 1 heterocycles. The summed E-state index contributed by atoms with van der Waals surface area (Å²) in [6.45, 7) is 5.39. The van der Waals surface area contributed by atoms with Gasteiger partial charge in [-0.2, -0.15) is 0 Å². The third-order valence-corrected chi connectivity index (χ3v) is 2.49. The van der Waals surface area contributed by atoms with Crippen molar-refractivity contribution in [2.75, 3.05) is 0 Å². The average molecular weight is 204 g/mol. The fourth-order valence-electron chi connectivity index (χ4n) is 1.59.